The minimum absolute atomic E-state index is 0.0112. The van der Waals surface area contributed by atoms with Crippen LogP contribution in [-0.2, 0) is 19.6 Å². The number of sulfonamides is 1. The van der Waals surface area contributed by atoms with Crippen LogP contribution in [0.2, 0.25) is 0 Å². The van der Waals surface area contributed by atoms with Crippen molar-refractivity contribution in [2.75, 3.05) is 11.9 Å². The first kappa shape index (κ1) is 25.6. The monoisotopic (exact) mass is 567 g/mol. The van der Waals surface area contributed by atoms with Crippen molar-refractivity contribution < 1.29 is 18.0 Å². The number of rotatable bonds is 9. The molecule has 3 rings (SSSR count). The molecule has 7 nitrogen and oxygen atoms in total. The fourth-order valence-corrected chi connectivity index (χ4v) is 5.18. The molecule has 174 valence electrons. The van der Waals surface area contributed by atoms with E-state index in [2.05, 4.69) is 21.2 Å². The Kier molecular flexibility index (Phi) is 8.82. The fraction of sp³-hybridized carbons (Fsp3) is 0.227. The molecule has 3 N–H and O–H groups in total. The first-order chi connectivity index (χ1) is 15.6. The van der Waals surface area contributed by atoms with Gasteiger partial charge < -0.3 is 5.32 Å². The summed E-state index contributed by atoms with van der Waals surface area (Å²) in [5.74, 6) is -0.255. The summed E-state index contributed by atoms with van der Waals surface area (Å²) in [5, 5.41) is 7.78. The number of nitrogens with two attached hydrogens (primary N) is 1. The molecule has 1 aliphatic rings. The number of unbranched alkanes of at least 4 members (excludes halogenated alkanes) is 2. The molecule has 0 aromatic heterocycles. The molecule has 1 saturated heterocycles. The number of amides is 2. The van der Waals surface area contributed by atoms with Crippen LogP contribution in [0.15, 0.2) is 62.8 Å². The molecule has 0 unspecified atom stereocenters. The summed E-state index contributed by atoms with van der Waals surface area (Å²) in [4.78, 5) is 27.0. The van der Waals surface area contributed by atoms with Crippen LogP contribution in [0.3, 0.4) is 0 Å². The number of primary sulfonamides is 1. The second-order valence-corrected chi connectivity index (χ2v) is 11.5. The number of carbonyl (C=O) groups is 2. The largest absolute Gasteiger partial charge is 0.326 e. The molecule has 0 saturated carbocycles. The van der Waals surface area contributed by atoms with Crippen molar-refractivity contribution in [2.45, 2.75) is 30.6 Å². The van der Waals surface area contributed by atoms with Crippen LogP contribution in [0.4, 0.5) is 5.69 Å². The van der Waals surface area contributed by atoms with E-state index in [0.29, 0.717) is 34.3 Å². The maximum atomic E-state index is 12.7. The van der Waals surface area contributed by atoms with Gasteiger partial charge in [0.2, 0.25) is 15.9 Å². The highest BCUT2D eigenvalue weighted by Crippen LogP contribution is 2.33. The lowest BCUT2D eigenvalue weighted by molar-refractivity contribution is -0.122. The van der Waals surface area contributed by atoms with Crippen LogP contribution in [0.1, 0.15) is 31.2 Å². The Labute approximate surface area is 211 Å². The van der Waals surface area contributed by atoms with Crippen LogP contribution in [0, 0.1) is 0 Å². The molecule has 0 radical (unpaired) electrons. The van der Waals surface area contributed by atoms with Crippen molar-refractivity contribution in [3.8, 4) is 0 Å². The summed E-state index contributed by atoms with van der Waals surface area (Å²) in [6.07, 6.45) is 4.31. The number of hydrogen-bond acceptors (Lipinski definition) is 6. The molecule has 0 atom stereocenters. The zero-order chi connectivity index (χ0) is 24.0. The number of anilines is 1. The Balaban J connectivity index is 1.40. The van der Waals surface area contributed by atoms with Crippen LogP contribution in [-0.4, -0.2) is 36.0 Å². The van der Waals surface area contributed by atoms with E-state index >= 15 is 0 Å². The SMILES string of the molecule is NS(=O)(=O)c1ccc(NC(=O)CCCCCN2C(=O)/C(=C/c3ccc(Br)cc3)SC2=S)cc1. The average molecular weight is 569 g/mol. The molecule has 1 fully saturated rings. The van der Waals surface area contributed by atoms with Gasteiger partial charge in [-0.3, -0.25) is 14.5 Å². The van der Waals surface area contributed by atoms with Gasteiger partial charge in [-0.15, -0.1) is 0 Å². The molecule has 1 heterocycles. The third kappa shape index (κ3) is 7.47. The topological polar surface area (TPSA) is 110 Å². The van der Waals surface area contributed by atoms with Crippen molar-refractivity contribution in [3.05, 3.63) is 63.5 Å². The molecule has 2 aromatic carbocycles. The Hall–Kier alpha value is -2.05. The molecule has 2 amide bonds. The van der Waals surface area contributed by atoms with E-state index < -0.39 is 10.0 Å². The molecule has 0 spiro atoms. The lowest BCUT2D eigenvalue weighted by Gasteiger charge is -2.14. The van der Waals surface area contributed by atoms with Gasteiger partial charge in [-0.05, 0) is 60.9 Å². The van der Waals surface area contributed by atoms with Crippen LogP contribution in [0.25, 0.3) is 6.08 Å². The Bertz CT molecular complexity index is 1180. The van der Waals surface area contributed by atoms with Gasteiger partial charge in [-0.1, -0.05) is 58.5 Å². The first-order valence-corrected chi connectivity index (χ1v) is 13.6. The van der Waals surface area contributed by atoms with Crippen LogP contribution >= 0.6 is 39.9 Å². The molecular weight excluding hydrogens is 546 g/mol. The van der Waals surface area contributed by atoms with E-state index in [1.807, 2.05) is 30.3 Å². The van der Waals surface area contributed by atoms with Crippen molar-refractivity contribution in [2.24, 2.45) is 5.14 Å². The van der Waals surface area contributed by atoms with Crippen molar-refractivity contribution >= 4 is 77.8 Å². The predicted octanol–water partition coefficient (Wildman–Crippen LogP) is 4.50. The highest BCUT2D eigenvalue weighted by atomic mass is 79.9. The van der Waals surface area contributed by atoms with Gasteiger partial charge in [-0.25, -0.2) is 13.6 Å². The number of carbonyl (C=O) groups excluding carboxylic acids is 2. The van der Waals surface area contributed by atoms with Crippen molar-refractivity contribution in [1.29, 1.82) is 0 Å². The third-order valence-corrected chi connectivity index (χ3v) is 7.63. The molecule has 2 aromatic rings. The second kappa shape index (κ2) is 11.4. The molecule has 11 heteroatoms. The van der Waals surface area contributed by atoms with E-state index in [0.717, 1.165) is 22.9 Å². The zero-order valence-corrected chi connectivity index (χ0v) is 21.5. The summed E-state index contributed by atoms with van der Waals surface area (Å²) < 4.78 is 24.1. The molecular formula is C22H22BrN3O4S3. The van der Waals surface area contributed by atoms with Gasteiger partial charge in [-0.2, -0.15) is 0 Å². The number of halogens is 1. The first-order valence-electron chi connectivity index (χ1n) is 10.1. The number of hydrogen-bond donors (Lipinski definition) is 2. The van der Waals surface area contributed by atoms with Crippen molar-refractivity contribution in [1.82, 2.24) is 4.90 Å². The van der Waals surface area contributed by atoms with Crippen LogP contribution in [0.5, 0.6) is 0 Å². The number of benzene rings is 2. The second-order valence-electron chi connectivity index (χ2n) is 7.31. The van der Waals surface area contributed by atoms with Gasteiger partial charge in [0.1, 0.15) is 4.32 Å². The Morgan fingerprint density at radius 1 is 1.09 bits per heavy atom. The van der Waals surface area contributed by atoms with E-state index in [1.165, 1.54) is 36.0 Å². The van der Waals surface area contributed by atoms with Gasteiger partial charge in [0, 0.05) is 23.1 Å². The summed E-state index contributed by atoms with van der Waals surface area (Å²) in [6.45, 7) is 0.513. The zero-order valence-electron chi connectivity index (χ0n) is 17.5. The lowest BCUT2D eigenvalue weighted by Crippen LogP contribution is -2.29. The summed E-state index contributed by atoms with van der Waals surface area (Å²) in [5.41, 5.74) is 1.44. The van der Waals surface area contributed by atoms with Crippen molar-refractivity contribution in [3.63, 3.8) is 0 Å². The molecule has 0 aliphatic carbocycles. The van der Waals surface area contributed by atoms with Gasteiger partial charge in [0.25, 0.3) is 5.91 Å². The van der Waals surface area contributed by atoms with E-state index in [4.69, 9.17) is 17.4 Å². The molecule has 33 heavy (non-hydrogen) atoms. The number of thioether (sulfide) groups is 1. The van der Waals surface area contributed by atoms with E-state index in [1.54, 1.807) is 4.90 Å². The maximum Gasteiger partial charge on any atom is 0.266 e. The predicted molar refractivity (Wildman–Crippen MR) is 139 cm³/mol. The summed E-state index contributed by atoms with van der Waals surface area (Å²) in [7, 11) is -3.76. The maximum absolute atomic E-state index is 12.7. The van der Waals surface area contributed by atoms with Crippen LogP contribution < -0.4 is 10.5 Å². The number of nitrogens with zero attached hydrogens (tertiary/aromatic N) is 1. The van der Waals surface area contributed by atoms with E-state index in [9.17, 15) is 18.0 Å². The van der Waals surface area contributed by atoms with E-state index in [-0.39, 0.29) is 16.7 Å². The smallest absolute Gasteiger partial charge is 0.266 e. The standard InChI is InChI=1S/C22H22BrN3O4S3/c23-16-7-5-15(6-8-16)14-19-21(28)26(22(31)32-19)13-3-1-2-4-20(27)25-17-9-11-18(12-10-17)33(24,29)30/h5-12,14H,1-4,13H2,(H,25,27)(H2,24,29,30)/b19-14-. The quantitative estimate of drug-likeness (QED) is 0.262. The normalized spacial score (nSPS) is 15.3. The Morgan fingerprint density at radius 2 is 1.76 bits per heavy atom. The lowest BCUT2D eigenvalue weighted by atomic mass is 10.1. The highest BCUT2D eigenvalue weighted by molar-refractivity contribution is 9.10. The molecule has 0 bridgehead atoms. The highest BCUT2D eigenvalue weighted by Gasteiger charge is 2.31. The number of thiocarbonyl (C=S) groups is 1. The fourth-order valence-electron chi connectivity index (χ4n) is 3.09. The summed E-state index contributed by atoms with van der Waals surface area (Å²) >= 11 is 10.1. The summed E-state index contributed by atoms with van der Waals surface area (Å²) in [6, 6.07) is 13.4. The van der Waals surface area contributed by atoms with Gasteiger partial charge in [0.05, 0.1) is 9.80 Å². The average Bonchev–Trinajstić information content (AvgIpc) is 3.02. The van der Waals surface area contributed by atoms with Gasteiger partial charge in [0.15, 0.2) is 0 Å². The minimum atomic E-state index is -3.76. The third-order valence-electron chi connectivity index (χ3n) is 4.79. The Morgan fingerprint density at radius 3 is 2.39 bits per heavy atom. The minimum Gasteiger partial charge on any atom is -0.326 e. The molecule has 1 aliphatic heterocycles. The van der Waals surface area contributed by atoms with Gasteiger partial charge >= 0.3 is 0 Å². The number of nitrogens with one attached hydrogen (secondary N) is 1.